The van der Waals surface area contributed by atoms with Gasteiger partial charge in [0.1, 0.15) is 6.54 Å². The molecule has 0 saturated carbocycles. The summed E-state index contributed by atoms with van der Waals surface area (Å²) in [7, 11) is 0. The van der Waals surface area contributed by atoms with Gasteiger partial charge in [0.15, 0.2) is 11.9 Å². The van der Waals surface area contributed by atoms with E-state index < -0.39 is 0 Å². The van der Waals surface area contributed by atoms with Gasteiger partial charge in [-0.05, 0) is 48.4 Å². The van der Waals surface area contributed by atoms with E-state index in [9.17, 15) is 0 Å². The van der Waals surface area contributed by atoms with E-state index in [-0.39, 0.29) is 5.41 Å². The molecule has 0 atom stereocenters. The number of unbranched alkanes of at least 4 members (excludes halogenated alkanes) is 2. The summed E-state index contributed by atoms with van der Waals surface area (Å²) in [6.45, 7) is 10.4. The minimum Gasteiger partial charge on any atom is -0.202 e. The second kappa shape index (κ2) is 10.1. The molecule has 1 heterocycles. The van der Waals surface area contributed by atoms with Gasteiger partial charge in [-0.1, -0.05) is 76.1 Å². The first-order valence-electron chi connectivity index (χ1n) is 11.6. The van der Waals surface area contributed by atoms with Crippen LogP contribution >= 0.6 is 0 Å². The molecule has 0 saturated heterocycles. The Balaban J connectivity index is 2.02. The zero-order valence-electron chi connectivity index (χ0n) is 18.9. The Kier molecular flexibility index (Phi) is 7.47. The molecule has 0 aliphatic carbocycles. The summed E-state index contributed by atoms with van der Waals surface area (Å²) in [5.41, 5.74) is 7.47. The van der Waals surface area contributed by atoms with Crippen molar-refractivity contribution >= 4 is 11.8 Å². The molecular weight excluding hydrogens is 350 g/mol. The number of rotatable bonds is 8. The molecule has 154 valence electrons. The lowest BCUT2D eigenvalue weighted by Crippen LogP contribution is -2.27. The summed E-state index contributed by atoms with van der Waals surface area (Å²) in [4.78, 5) is 0. The van der Waals surface area contributed by atoms with E-state index in [2.05, 4.69) is 93.1 Å². The minimum absolute atomic E-state index is 0.286. The molecular formula is C28H38N+. The van der Waals surface area contributed by atoms with Crippen LogP contribution in [0.25, 0.3) is 6.08 Å². The molecule has 0 spiro atoms. The fourth-order valence-electron chi connectivity index (χ4n) is 4.79. The molecule has 0 unspecified atom stereocenters. The number of benzene rings is 2. The topological polar surface area (TPSA) is 3.01 Å². The van der Waals surface area contributed by atoms with Crippen molar-refractivity contribution < 1.29 is 4.58 Å². The van der Waals surface area contributed by atoms with Gasteiger partial charge in [0.2, 0.25) is 0 Å². The predicted molar refractivity (Wildman–Crippen MR) is 127 cm³/mol. The summed E-state index contributed by atoms with van der Waals surface area (Å²) in [5, 5.41) is 0. The number of hydrogen-bond acceptors (Lipinski definition) is 0. The van der Waals surface area contributed by atoms with E-state index in [1.54, 1.807) is 5.56 Å². The molecule has 1 aliphatic rings. The Morgan fingerprint density at radius 2 is 1.72 bits per heavy atom. The maximum Gasteiger partial charge on any atom is 0.185 e. The Morgan fingerprint density at radius 1 is 0.966 bits per heavy atom. The van der Waals surface area contributed by atoms with Crippen molar-refractivity contribution in [3.63, 3.8) is 0 Å². The van der Waals surface area contributed by atoms with E-state index in [1.807, 2.05) is 0 Å². The summed E-state index contributed by atoms with van der Waals surface area (Å²) < 4.78 is 2.48. The summed E-state index contributed by atoms with van der Waals surface area (Å²) in [6, 6.07) is 18.0. The first kappa shape index (κ1) is 21.6. The van der Waals surface area contributed by atoms with Crippen molar-refractivity contribution in [3.05, 3.63) is 77.0 Å². The summed E-state index contributed by atoms with van der Waals surface area (Å²) in [6.07, 6.45) is 13.2. The predicted octanol–water partition coefficient (Wildman–Crippen LogP) is 7.37. The third-order valence-electron chi connectivity index (χ3n) is 6.98. The molecule has 0 fully saturated rings. The van der Waals surface area contributed by atoms with Gasteiger partial charge in [-0.15, -0.1) is 0 Å². The molecule has 0 bridgehead atoms. The van der Waals surface area contributed by atoms with Gasteiger partial charge in [-0.2, -0.15) is 0 Å². The van der Waals surface area contributed by atoms with Crippen molar-refractivity contribution in [2.45, 2.75) is 78.1 Å². The van der Waals surface area contributed by atoms with Gasteiger partial charge in [-0.3, -0.25) is 0 Å². The molecule has 2 aromatic rings. The normalized spacial score (nSPS) is 16.1. The third-order valence-corrected chi connectivity index (χ3v) is 6.98. The average Bonchev–Trinajstić information content (AvgIpc) is 2.88. The van der Waals surface area contributed by atoms with E-state index in [0.29, 0.717) is 0 Å². The van der Waals surface area contributed by atoms with Gasteiger partial charge >= 0.3 is 0 Å². The maximum atomic E-state index is 2.50. The van der Waals surface area contributed by atoms with Gasteiger partial charge in [-0.25, -0.2) is 4.58 Å². The molecule has 3 rings (SSSR count). The highest BCUT2D eigenvalue weighted by Gasteiger charge is 2.36. The molecule has 29 heavy (non-hydrogen) atoms. The molecule has 2 aromatic carbocycles. The Labute approximate surface area is 178 Å². The highest BCUT2D eigenvalue weighted by Crippen LogP contribution is 2.39. The number of nitrogens with zero attached hydrogens (tertiary/aromatic N) is 1. The van der Waals surface area contributed by atoms with E-state index in [4.69, 9.17) is 0 Å². The van der Waals surface area contributed by atoms with Crippen molar-refractivity contribution in [1.29, 1.82) is 0 Å². The van der Waals surface area contributed by atoms with Crippen LogP contribution in [0.4, 0.5) is 0 Å². The van der Waals surface area contributed by atoms with Crippen LogP contribution in [0, 0.1) is 0 Å². The van der Waals surface area contributed by atoms with Crippen LogP contribution in [0.5, 0.6) is 0 Å². The van der Waals surface area contributed by atoms with E-state index in [1.165, 1.54) is 67.3 Å². The van der Waals surface area contributed by atoms with Crippen LogP contribution in [-0.4, -0.2) is 16.8 Å². The van der Waals surface area contributed by atoms with Crippen molar-refractivity contribution in [2.24, 2.45) is 0 Å². The van der Waals surface area contributed by atoms with Crippen molar-refractivity contribution in [3.8, 4) is 0 Å². The van der Waals surface area contributed by atoms with Crippen LogP contribution < -0.4 is 0 Å². The van der Waals surface area contributed by atoms with Gasteiger partial charge in [0, 0.05) is 30.4 Å². The highest BCUT2D eigenvalue weighted by atomic mass is 15.0. The average molecular weight is 389 g/mol. The van der Waals surface area contributed by atoms with Crippen LogP contribution in [0.15, 0.2) is 54.7 Å². The minimum atomic E-state index is 0.286. The lowest BCUT2D eigenvalue weighted by molar-refractivity contribution is -0.457. The van der Waals surface area contributed by atoms with Crippen LogP contribution in [-0.2, 0) is 11.8 Å². The third kappa shape index (κ3) is 4.89. The zero-order chi connectivity index (χ0) is 20.7. The molecule has 0 radical (unpaired) electrons. The van der Waals surface area contributed by atoms with E-state index in [0.717, 1.165) is 6.54 Å². The monoisotopic (exact) mass is 388 g/mol. The standard InChI is InChI=1S/C28H38N/c1-5-8-10-15-25-16-17-27-26(22-25)23(4)29(21-19-28(27,6-2)7-3)20-18-24-13-11-9-12-14-24/h9,11-14,16-18,20,22H,5-8,10,15,19,21H2,1-4H3/q+1. The molecule has 1 nitrogen and oxygen atoms in total. The Morgan fingerprint density at radius 3 is 2.41 bits per heavy atom. The fraction of sp³-hybridized carbons (Fsp3) is 0.464. The Bertz CT molecular complexity index is 853. The lowest BCUT2D eigenvalue weighted by atomic mass is 9.71. The van der Waals surface area contributed by atoms with Crippen LogP contribution in [0.3, 0.4) is 0 Å². The quantitative estimate of drug-likeness (QED) is 0.328. The highest BCUT2D eigenvalue weighted by molar-refractivity contribution is 5.97. The first-order valence-corrected chi connectivity index (χ1v) is 11.6. The van der Waals surface area contributed by atoms with Crippen LogP contribution in [0.2, 0.25) is 0 Å². The fourth-order valence-corrected chi connectivity index (χ4v) is 4.79. The zero-order valence-corrected chi connectivity index (χ0v) is 18.9. The second-order valence-corrected chi connectivity index (χ2v) is 8.58. The number of aryl methyl sites for hydroxylation is 1. The summed E-state index contributed by atoms with van der Waals surface area (Å²) >= 11 is 0. The SMILES string of the molecule is CCCCCc1ccc2c(c1)C(C)=[N+](C=Cc1ccccc1)CCC2(CC)CC. The van der Waals surface area contributed by atoms with Crippen molar-refractivity contribution in [2.75, 3.05) is 6.54 Å². The largest absolute Gasteiger partial charge is 0.202 e. The van der Waals surface area contributed by atoms with E-state index >= 15 is 0 Å². The van der Waals surface area contributed by atoms with Crippen LogP contribution in [0.1, 0.15) is 88.5 Å². The number of fused-ring (bicyclic) bond motifs is 1. The molecule has 1 aliphatic heterocycles. The maximum absolute atomic E-state index is 2.50. The molecule has 1 heteroatoms. The van der Waals surface area contributed by atoms with Crippen molar-refractivity contribution in [1.82, 2.24) is 0 Å². The second-order valence-electron chi connectivity index (χ2n) is 8.58. The first-order chi connectivity index (χ1) is 14.1. The van der Waals surface area contributed by atoms with Gasteiger partial charge in [0.25, 0.3) is 0 Å². The smallest absolute Gasteiger partial charge is 0.185 e. The molecule has 0 aromatic heterocycles. The van der Waals surface area contributed by atoms with Gasteiger partial charge < -0.3 is 0 Å². The summed E-state index contributed by atoms with van der Waals surface area (Å²) in [5.74, 6) is 0. The molecule has 0 amide bonds. The molecule has 0 N–H and O–H groups in total. The Hall–Kier alpha value is -2.15. The van der Waals surface area contributed by atoms with Gasteiger partial charge in [0.05, 0.1) is 0 Å². The number of hydrogen-bond donors (Lipinski definition) is 0. The lowest BCUT2D eigenvalue weighted by Gasteiger charge is -2.31.